The fraction of sp³-hybridized carbons (Fsp3) is 0.200. The maximum absolute atomic E-state index is 12.1. The zero-order chi connectivity index (χ0) is 17.6. The summed E-state index contributed by atoms with van der Waals surface area (Å²) in [5, 5.41) is 7.15. The molecule has 1 aromatic heterocycles. The molecule has 0 aliphatic heterocycles. The second-order valence-electron chi connectivity index (χ2n) is 5.83. The van der Waals surface area contributed by atoms with Crippen LogP contribution in [0.3, 0.4) is 0 Å². The van der Waals surface area contributed by atoms with Crippen LogP contribution in [0.2, 0.25) is 0 Å². The molecule has 25 heavy (non-hydrogen) atoms. The average Bonchev–Trinajstić information content (AvgIpc) is 3.08. The molecule has 5 heteroatoms. The highest BCUT2D eigenvalue weighted by molar-refractivity contribution is 5.89. The zero-order valence-corrected chi connectivity index (χ0v) is 14.4. The summed E-state index contributed by atoms with van der Waals surface area (Å²) in [5.41, 5.74) is 3.22. The van der Waals surface area contributed by atoms with Gasteiger partial charge in [0.05, 0.1) is 18.7 Å². The van der Waals surface area contributed by atoms with Gasteiger partial charge in [-0.3, -0.25) is 4.79 Å². The standard InChI is InChI=1S/C20H21N3O2/c1-15-7-6-10-18(16(15)2)25-14-12-20(24)21-19-11-13-23(22-19)17-8-4-3-5-9-17/h3-11,13H,12,14H2,1-2H3,(H,21,22,24). The predicted octanol–water partition coefficient (Wildman–Crippen LogP) is 3.90. The van der Waals surface area contributed by atoms with Gasteiger partial charge in [0.15, 0.2) is 5.82 Å². The number of rotatable bonds is 6. The zero-order valence-electron chi connectivity index (χ0n) is 14.4. The summed E-state index contributed by atoms with van der Waals surface area (Å²) in [6.45, 7) is 4.38. The Labute approximate surface area is 147 Å². The van der Waals surface area contributed by atoms with Crippen molar-refractivity contribution in [2.45, 2.75) is 20.3 Å². The van der Waals surface area contributed by atoms with Crippen LogP contribution < -0.4 is 10.1 Å². The van der Waals surface area contributed by atoms with Crippen molar-refractivity contribution in [1.82, 2.24) is 9.78 Å². The Balaban J connectivity index is 1.51. The van der Waals surface area contributed by atoms with Crippen LogP contribution in [0.5, 0.6) is 5.75 Å². The maximum atomic E-state index is 12.1. The average molecular weight is 335 g/mol. The molecule has 0 saturated heterocycles. The molecule has 1 amide bonds. The number of carbonyl (C=O) groups is 1. The van der Waals surface area contributed by atoms with Crippen molar-refractivity contribution >= 4 is 11.7 Å². The van der Waals surface area contributed by atoms with Crippen LogP contribution in [-0.4, -0.2) is 22.3 Å². The topological polar surface area (TPSA) is 56.1 Å². The van der Waals surface area contributed by atoms with Gasteiger partial charge in [-0.1, -0.05) is 30.3 Å². The molecule has 0 radical (unpaired) electrons. The monoisotopic (exact) mass is 335 g/mol. The maximum Gasteiger partial charge on any atom is 0.229 e. The van der Waals surface area contributed by atoms with Crippen LogP contribution in [0.25, 0.3) is 5.69 Å². The van der Waals surface area contributed by atoms with E-state index >= 15 is 0 Å². The molecule has 0 spiro atoms. The van der Waals surface area contributed by atoms with Crippen molar-refractivity contribution < 1.29 is 9.53 Å². The van der Waals surface area contributed by atoms with E-state index < -0.39 is 0 Å². The van der Waals surface area contributed by atoms with Gasteiger partial charge in [0.1, 0.15) is 5.75 Å². The second-order valence-corrected chi connectivity index (χ2v) is 5.83. The number of hydrogen-bond donors (Lipinski definition) is 1. The van der Waals surface area contributed by atoms with Crippen LogP contribution in [0, 0.1) is 13.8 Å². The van der Waals surface area contributed by atoms with Gasteiger partial charge >= 0.3 is 0 Å². The largest absolute Gasteiger partial charge is 0.493 e. The van der Waals surface area contributed by atoms with Gasteiger partial charge in [-0.25, -0.2) is 4.68 Å². The van der Waals surface area contributed by atoms with Gasteiger partial charge in [0, 0.05) is 12.3 Å². The van der Waals surface area contributed by atoms with Gasteiger partial charge in [-0.15, -0.1) is 0 Å². The fourth-order valence-electron chi connectivity index (χ4n) is 2.45. The number of amides is 1. The van der Waals surface area contributed by atoms with Crippen molar-refractivity contribution in [3.05, 3.63) is 71.9 Å². The van der Waals surface area contributed by atoms with E-state index in [2.05, 4.69) is 10.4 Å². The lowest BCUT2D eigenvalue weighted by molar-refractivity contribution is -0.116. The van der Waals surface area contributed by atoms with Gasteiger partial charge in [0.25, 0.3) is 0 Å². The van der Waals surface area contributed by atoms with Crippen LogP contribution in [0.15, 0.2) is 60.8 Å². The minimum Gasteiger partial charge on any atom is -0.493 e. The minimum absolute atomic E-state index is 0.122. The quantitative estimate of drug-likeness (QED) is 0.743. The van der Waals surface area contributed by atoms with Crippen LogP contribution in [0.4, 0.5) is 5.82 Å². The first kappa shape index (κ1) is 16.8. The van der Waals surface area contributed by atoms with E-state index in [0.29, 0.717) is 12.4 Å². The number of hydrogen-bond acceptors (Lipinski definition) is 3. The van der Waals surface area contributed by atoms with Gasteiger partial charge < -0.3 is 10.1 Å². The van der Waals surface area contributed by atoms with Crippen molar-refractivity contribution in [3.8, 4) is 11.4 Å². The van der Waals surface area contributed by atoms with E-state index in [1.54, 1.807) is 10.7 Å². The summed E-state index contributed by atoms with van der Waals surface area (Å²) in [7, 11) is 0. The molecule has 0 aliphatic rings. The summed E-state index contributed by atoms with van der Waals surface area (Å²) >= 11 is 0. The first-order valence-corrected chi connectivity index (χ1v) is 8.23. The molecule has 1 heterocycles. The highest BCUT2D eigenvalue weighted by Gasteiger charge is 2.07. The number of anilines is 1. The third-order valence-corrected chi connectivity index (χ3v) is 4.02. The Bertz CT molecular complexity index is 856. The number of aromatic nitrogens is 2. The van der Waals surface area contributed by atoms with E-state index in [4.69, 9.17) is 4.74 Å². The van der Waals surface area contributed by atoms with E-state index in [1.165, 1.54) is 5.56 Å². The Morgan fingerprint density at radius 1 is 1.08 bits per heavy atom. The van der Waals surface area contributed by atoms with Gasteiger partial charge in [0.2, 0.25) is 5.91 Å². The molecular weight excluding hydrogens is 314 g/mol. The normalized spacial score (nSPS) is 10.5. The number of ether oxygens (including phenoxy) is 1. The lowest BCUT2D eigenvalue weighted by Crippen LogP contribution is -2.16. The Morgan fingerprint density at radius 3 is 2.68 bits per heavy atom. The lowest BCUT2D eigenvalue weighted by Gasteiger charge is -2.10. The van der Waals surface area contributed by atoms with Crippen molar-refractivity contribution in [3.63, 3.8) is 0 Å². The third kappa shape index (κ3) is 4.26. The Hall–Kier alpha value is -3.08. The number of aryl methyl sites for hydroxylation is 1. The van der Waals surface area contributed by atoms with Gasteiger partial charge in [-0.2, -0.15) is 5.10 Å². The number of benzene rings is 2. The molecule has 5 nitrogen and oxygen atoms in total. The molecule has 128 valence electrons. The highest BCUT2D eigenvalue weighted by atomic mass is 16.5. The smallest absolute Gasteiger partial charge is 0.229 e. The minimum atomic E-state index is -0.122. The van der Waals surface area contributed by atoms with Crippen molar-refractivity contribution in [2.24, 2.45) is 0 Å². The van der Waals surface area contributed by atoms with E-state index in [1.807, 2.05) is 68.6 Å². The number of nitrogens with one attached hydrogen (secondary N) is 1. The highest BCUT2D eigenvalue weighted by Crippen LogP contribution is 2.20. The lowest BCUT2D eigenvalue weighted by atomic mass is 10.1. The molecule has 2 aromatic carbocycles. The molecule has 3 rings (SSSR count). The molecule has 0 atom stereocenters. The molecule has 0 aliphatic carbocycles. The van der Waals surface area contributed by atoms with E-state index in [0.717, 1.165) is 17.0 Å². The van der Waals surface area contributed by atoms with Crippen molar-refractivity contribution in [1.29, 1.82) is 0 Å². The molecule has 3 aromatic rings. The van der Waals surface area contributed by atoms with Crippen LogP contribution >= 0.6 is 0 Å². The SMILES string of the molecule is Cc1cccc(OCCC(=O)Nc2ccn(-c3ccccc3)n2)c1C. The summed E-state index contributed by atoms with van der Waals surface area (Å²) in [4.78, 5) is 12.1. The predicted molar refractivity (Wildman–Crippen MR) is 98.2 cm³/mol. The van der Waals surface area contributed by atoms with Crippen LogP contribution in [0.1, 0.15) is 17.5 Å². The summed E-state index contributed by atoms with van der Waals surface area (Å²) in [6, 6.07) is 17.4. The summed E-state index contributed by atoms with van der Waals surface area (Å²) < 4.78 is 7.44. The van der Waals surface area contributed by atoms with Crippen molar-refractivity contribution in [2.75, 3.05) is 11.9 Å². The molecule has 0 bridgehead atoms. The molecule has 1 N–H and O–H groups in total. The Kier molecular flexibility index (Phi) is 5.14. The number of nitrogens with zero attached hydrogens (tertiary/aromatic N) is 2. The first-order chi connectivity index (χ1) is 12.1. The molecular formula is C20H21N3O2. The third-order valence-electron chi connectivity index (χ3n) is 4.02. The second kappa shape index (κ2) is 7.66. The molecule has 0 unspecified atom stereocenters. The molecule has 0 fully saturated rings. The summed E-state index contributed by atoms with van der Waals surface area (Å²) in [5.74, 6) is 1.23. The van der Waals surface area contributed by atoms with E-state index in [9.17, 15) is 4.79 Å². The van der Waals surface area contributed by atoms with Gasteiger partial charge in [-0.05, 0) is 43.2 Å². The summed E-state index contributed by atoms with van der Waals surface area (Å²) in [6.07, 6.45) is 2.09. The number of para-hydroxylation sites is 1. The van der Waals surface area contributed by atoms with E-state index in [-0.39, 0.29) is 12.3 Å². The number of carbonyl (C=O) groups excluding carboxylic acids is 1. The fourth-order valence-corrected chi connectivity index (χ4v) is 2.45. The molecule has 0 saturated carbocycles. The first-order valence-electron chi connectivity index (χ1n) is 8.23. The van der Waals surface area contributed by atoms with Crippen LogP contribution in [-0.2, 0) is 4.79 Å². The Morgan fingerprint density at radius 2 is 1.88 bits per heavy atom.